The van der Waals surface area contributed by atoms with E-state index in [4.69, 9.17) is 0 Å². The number of hydrogen-bond donors (Lipinski definition) is 1. The molecule has 1 aliphatic rings. The summed E-state index contributed by atoms with van der Waals surface area (Å²) in [5.41, 5.74) is 2.72. The Morgan fingerprint density at radius 3 is 2.41 bits per heavy atom. The second-order valence-corrected chi connectivity index (χ2v) is 5.25. The number of aryl methyl sites for hydroxylation is 1. The van der Waals surface area contributed by atoms with Gasteiger partial charge < -0.3 is 5.32 Å². The number of benzene rings is 1. The van der Waals surface area contributed by atoms with Crippen LogP contribution in [0.5, 0.6) is 0 Å². The summed E-state index contributed by atoms with van der Waals surface area (Å²) in [5.74, 6) is 0.870. The van der Waals surface area contributed by atoms with Crippen LogP contribution in [0.4, 0.5) is 5.69 Å². The molecule has 0 amide bonds. The summed E-state index contributed by atoms with van der Waals surface area (Å²) in [6, 6.07) is 9.65. The molecule has 0 radical (unpaired) electrons. The smallest absolute Gasteiger partial charge is 0.0342 e. The Bertz CT molecular complexity index is 328. The topological polar surface area (TPSA) is 12.0 Å². The van der Waals surface area contributed by atoms with Crippen LogP contribution in [0.15, 0.2) is 24.3 Å². The third kappa shape index (κ3) is 3.24. The molecular weight excluding hydrogens is 206 g/mol. The maximum Gasteiger partial charge on any atom is 0.0342 e. The van der Waals surface area contributed by atoms with Gasteiger partial charge in [0.25, 0.3) is 0 Å². The maximum atomic E-state index is 3.73. The van der Waals surface area contributed by atoms with E-state index in [9.17, 15) is 0 Å². The van der Waals surface area contributed by atoms with Crippen molar-refractivity contribution in [2.24, 2.45) is 5.92 Å². The summed E-state index contributed by atoms with van der Waals surface area (Å²) < 4.78 is 0. The molecule has 2 rings (SSSR count). The Labute approximate surface area is 106 Å². The number of anilines is 1. The predicted octanol–water partition coefficient (Wildman–Crippen LogP) is 4.63. The normalized spacial score (nSPS) is 24.6. The van der Waals surface area contributed by atoms with Gasteiger partial charge in [-0.3, -0.25) is 0 Å². The van der Waals surface area contributed by atoms with Crippen LogP contribution in [-0.4, -0.2) is 6.04 Å². The zero-order valence-corrected chi connectivity index (χ0v) is 11.2. The van der Waals surface area contributed by atoms with Gasteiger partial charge in [-0.2, -0.15) is 0 Å². The van der Waals surface area contributed by atoms with E-state index in [1.54, 1.807) is 0 Å². The van der Waals surface area contributed by atoms with Crippen LogP contribution in [-0.2, 0) is 6.42 Å². The SMILES string of the molecule is CCc1ccc(NC2CCCCC2CC)cc1. The van der Waals surface area contributed by atoms with Crippen LogP contribution in [0.1, 0.15) is 51.5 Å². The van der Waals surface area contributed by atoms with E-state index in [-0.39, 0.29) is 0 Å². The minimum atomic E-state index is 0.696. The Hall–Kier alpha value is -0.980. The fourth-order valence-corrected chi connectivity index (χ4v) is 2.94. The fourth-order valence-electron chi connectivity index (χ4n) is 2.94. The summed E-state index contributed by atoms with van der Waals surface area (Å²) in [6.07, 6.45) is 7.99. The van der Waals surface area contributed by atoms with Gasteiger partial charge in [-0.05, 0) is 42.9 Å². The highest BCUT2D eigenvalue weighted by molar-refractivity contribution is 5.45. The van der Waals surface area contributed by atoms with Gasteiger partial charge in [0.15, 0.2) is 0 Å². The lowest BCUT2D eigenvalue weighted by Gasteiger charge is -2.32. The van der Waals surface area contributed by atoms with Crippen molar-refractivity contribution in [2.75, 3.05) is 5.32 Å². The molecule has 1 fully saturated rings. The van der Waals surface area contributed by atoms with Gasteiger partial charge in [0.05, 0.1) is 0 Å². The molecule has 1 heteroatoms. The monoisotopic (exact) mass is 231 g/mol. The van der Waals surface area contributed by atoms with Gasteiger partial charge in [0, 0.05) is 11.7 Å². The highest BCUT2D eigenvalue weighted by Crippen LogP contribution is 2.29. The average molecular weight is 231 g/mol. The Kier molecular flexibility index (Phi) is 4.47. The Morgan fingerprint density at radius 2 is 1.76 bits per heavy atom. The second kappa shape index (κ2) is 6.09. The fraction of sp³-hybridized carbons (Fsp3) is 0.625. The summed E-state index contributed by atoms with van der Waals surface area (Å²) >= 11 is 0. The number of rotatable bonds is 4. The molecule has 1 saturated carbocycles. The lowest BCUT2D eigenvalue weighted by Crippen LogP contribution is -2.31. The number of hydrogen-bond acceptors (Lipinski definition) is 1. The lowest BCUT2D eigenvalue weighted by atomic mass is 9.83. The van der Waals surface area contributed by atoms with Crippen molar-refractivity contribution < 1.29 is 0 Å². The van der Waals surface area contributed by atoms with Crippen LogP contribution in [0.3, 0.4) is 0 Å². The zero-order valence-electron chi connectivity index (χ0n) is 11.2. The van der Waals surface area contributed by atoms with Crippen molar-refractivity contribution >= 4 is 5.69 Å². The van der Waals surface area contributed by atoms with Crippen LogP contribution >= 0.6 is 0 Å². The molecule has 1 nitrogen and oxygen atoms in total. The summed E-state index contributed by atoms with van der Waals surface area (Å²) in [4.78, 5) is 0. The van der Waals surface area contributed by atoms with Crippen molar-refractivity contribution in [1.82, 2.24) is 0 Å². The Balaban J connectivity index is 1.98. The first-order chi connectivity index (χ1) is 8.33. The largest absolute Gasteiger partial charge is 0.382 e. The molecule has 17 heavy (non-hydrogen) atoms. The second-order valence-electron chi connectivity index (χ2n) is 5.25. The van der Waals surface area contributed by atoms with Gasteiger partial charge in [0.1, 0.15) is 0 Å². The first-order valence-corrected chi connectivity index (χ1v) is 7.19. The first-order valence-electron chi connectivity index (χ1n) is 7.19. The molecule has 2 atom stereocenters. The van der Waals surface area contributed by atoms with Crippen molar-refractivity contribution in [1.29, 1.82) is 0 Å². The third-order valence-corrected chi connectivity index (χ3v) is 4.15. The van der Waals surface area contributed by atoms with Gasteiger partial charge in [0.2, 0.25) is 0 Å². The summed E-state index contributed by atoms with van der Waals surface area (Å²) in [6.45, 7) is 4.53. The summed E-state index contributed by atoms with van der Waals surface area (Å²) in [7, 11) is 0. The standard InChI is InChI=1S/C16H25N/c1-3-13-9-11-15(12-10-13)17-16-8-6-5-7-14(16)4-2/h9-12,14,16-17H,3-8H2,1-2H3. The van der Waals surface area contributed by atoms with Crippen LogP contribution < -0.4 is 5.32 Å². The molecule has 0 bridgehead atoms. The molecular formula is C16H25N. The molecule has 1 aromatic rings. The van der Waals surface area contributed by atoms with E-state index in [0.717, 1.165) is 12.3 Å². The van der Waals surface area contributed by atoms with E-state index in [2.05, 4.69) is 43.4 Å². The van der Waals surface area contributed by atoms with Crippen molar-refractivity contribution in [3.63, 3.8) is 0 Å². The highest BCUT2D eigenvalue weighted by atomic mass is 14.9. The maximum absolute atomic E-state index is 3.73. The molecule has 2 unspecified atom stereocenters. The predicted molar refractivity (Wildman–Crippen MR) is 75.5 cm³/mol. The Morgan fingerprint density at radius 1 is 1.06 bits per heavy atom. The summed E-state index contributed by atoms with van der Waals surface area (Å²) in [5, 5.41) is 3.73. The molecule has 0 aromatic heterocycles. The zero-order chi connectivity index (χ0) is 12.1. The lowest BCUT2D eigenvalue weighted by molar-refractivity contribution is 0.317. The van der Waals surface area contributed by atoms with Gasteiger partial charge in [-0.1, -0.05) is 45.2 Å². The van der Waals surface area contributed by atoms with Gasteiger partial charge in [-0.25, -0.2) is 0 Å². The molecule has 0 spiro atoms. The molecule has 1 N–H and O–H groups in total. The van der Waals surface area contributed by atoms with Gasteiger partial charge >= 0.3 is 0 Å². The van der Waals surface area contributed by atoms with Crippen LogP contribution in [0.25, 0.3) is 0 Å². The number of nitrogens with one attached hydrogen (secondary N) is 1. The minimum Gasteiger partial charge on any atom is -0.382 e. The van der Waals surface area contributed by atoms with Crippen LogP contribution in [0, 0.1) is 5.92 Å². The van der Waals surface area contributed by atoms with Gasteiger partial charge in [-0.15, -0.1) is 0 Å². The quantitative estimate of drug-likeness (QED) is 0.796. The van der Waals surface area contributed by atoms with E-state index < -0.39 is 0 Å². The molecule has 1 aliphatic carbocycles. The van der Waals surface area contributed by atoms with E-state index >= 15 is 0 Å². The van der Waals surface area contributed by atoms with E-state index in [0.29, 0.717) is 6.04 Å². The van der Waals surface area contributed by atoms with E-state index in [1.165, 1.54) is 43.4 Å². The van der Waals surface area contributed by atoms with E-state index in [1.807, 2.05) is 0 Å². The molecule has 94 valence electrons. The molecule has 0 aliphatic heterocycles. The van der Waals surface area contributed by atoms with Crippen molar-refractivity contribution in [3.05, 3.63) is 29.8 Å². The highest BCUT2D eigenvalue weighted by Gasteiger charge is 2.23. The molecule has 1 aromatic carbocycles. The van der Waals surface area contributed by atoms with Crippen molar-refractivity contribution in [3.8, 4) is 0 Å². The van der Waals surface area contributed by atoms with Crippen LogP contribution in [0.2, 0.25) is 0 Å². The van der Waals surface area contributed by atoms with Crippen molar-refractivity contribution in [2.45, 2.75) is 58.4 Å². The first kappa shape index (κ1) is 12.5. The third-order valence-electron chi connectivity index (χ3n) is 4.15. The molecule has 0 heterocycles. The minimum absolute atomic E-state index is 0.696. The molecule has 0 saturated heterocycles. The average Bonchev–Trinajstić information content (AvgIpc) is 2.40.